The van der Waals surface area contributed by atoms with Crippen LogP contribution in [0.1, 0.15) is 42.3 Å². The van der Waals surface area contributed by atoms with Crippen LogP contribution in [0, 0.1) is 0 Å². The van der Waals surface area contributed by atoms with Gasteiger partial charge in [-0.3, -0.25) is 0 Å². The molecule has 0 aliphatic heterocycles. The molecule has 2 N–H and O–H groups in total. The number of hydrogen-bond acceptors (Lipinski definition) is 4. The second-order valence-electron chi connectivity index (χ2n) is 4.31. The largest absolute Gasteiger partial charge is 0.323 e. The molecule has 2 nitrogen and oxygen atoms in total. The van der Waals surface area contributed by atoms with E-state index in [1.165, 1.54) is 28.3 Å². The van der Waals surface area contributed by atoms with Gasteiger partial charge in [0.1, 0.15) is 5.01 Å². The summed E-state index contributed by atoms with van der Waals surface area (Å²) in [5.74, 6) is 0.686. The number of rotatable bonds is 3. The van der Waals surface area contributed by atoms with Crippen molar-refractivity contribution in [3.05, 3.63) is 28.1 Å². The molecule has 0 spiro atoms. The second-order valence-corrected chi connectivity index (χ2v) is 6.29. The van der Waals surface area contributed by atoms with E-state index >= 15 is 0 Å². The van der Waals surface area contributed by atoms with Crippen molar-refractivity contribution in [2.24, 2.45) is 5.73 Å². The van der Waals surface area contributed by atoms with Gasteiger partial charge < -0.3 is 5.73 Å². The van der Waals surface area contributed by atoms with Crippen molar-refractivity contribution in [3.63, 3.8) is 0 Å². The van der Waals surface area contributed by atoms with Gasteiger partial charge in [-0.05, 0) is 31.2 Å². The van der Waals surface area contributed by atoms with Crippen LogP contribution < -0.4 is 5.73 Å². The topological polar surface area (TPSA) is 38.9 Å². The van der Waals surface area contributed by atoms with Gasteiger partial charge in [0.2, 0.25) is 0 Å². The van der Waals surface area contributed by atoms with Crippen LogP contribution in [-0.2, 0) is 0 Å². The molecule has 1 aliphatic carbocycles. The minimum absolute atomic E-state index is 0.113. The van der Waals surface area contributed by atoms with Gasteiger partial charge in [-0.25, -0.2) is 4.98 Å². The Morgan fingerprint density at radius 3 is 2.88 bits per heavy atom. The molecular weight excluding hydrogens is 236 g/mol. The molecule has 4 heteroatoms. The molecule has 1 atom stereocenters. The van der Waals surface area contributed by atoms with E-state index in [0.717, 1.165) is 5.01 Å². The van der Waals surface area contributed by atoms with Gasteiger partial charge in [-0.1, -0.05) is 6.07 Å². The van der Waals surface area contributed by atoms with Gasteiger partial charge in [0.15, 0.2) is 0 Å². The van der Waals surface area contributed by atoms with Crippen LogP contribution in [0.5, 0.6) is 0 Å². The maximum atomic E-state index is 6.02. The van der Waals surface area contributed by atoms with Crippen LogP contribution in [-0.4, -0.2) is 4.98 Å². The maximum Gasteiger partial charge on any atom is 0.133 e. The standard InChI is InChI=1S/C12H14N2S2/c1-7(13)11-10(8-4-5-8)14-12(16-11)9-3-2-6-15-9/h2-3,6-8H,4-5,13H2,1H3. The van der Waals surface area contributed by atoms with E-state index in [1.54, 1.807) is 22.7 Å². The Balaban J connectivity index is 2.04. The van der Waals surface area contributed by atoms with E-state index in [2.05, 4.69) is 24.4 Å². The molecule has 16 heavy (non-hydrogen) atoms. The predicted octanol–water partition coefficient (Wildman–Crippen LogP) is 3.77. The molecule has 2 aromatic heterocycles. The van der Waals surface area contributed by atoms with Crippen LogP contribution in [0.25, 0.3) is 9.88 Å². The van der Waals surface area contributed by atoms with Gasteiger partial charge in [-0.15, -0.1) is 22.7 Å². The summed E-state index contributed by atoms with van der Waals surface area (Å²) in [6, 6.07) is 4.32. The molecule has 84 valence electrons. The van der Waals surface area contributed by atoms with Gasteiger partial charge >= 0.3 is 0 Å². The fourth-order valence-corrected chi connectivity index (χ4v) is 3.73. The molecule has 0 aromatic carbocycles. The highest BCUT2D eigenvalue weighted by atomic mass is 32.1. The Labute approximate surface area is 103 Å². The van der Waals surface area contributed by atoms with E-state index < -0.39 is 0 Å². The molecule has 0 radical (unpaired) electrons. The third-order valence-electron chi connectivity index (χ3n) is 2.79. The van der Waals surface area contributed by atoms with Crippen molar-refractivity contribution < 1.29 is 0 Å². The lowest BCUT2D eigenvalue weighted by molar-refractivity contribution is 0.811. The molecule has 1 aliphatic rings. The summed E-state index contributed by atoms with van der Waals surface area (Å²) in [5.41, 5.74) is 7.29. The number of hydrogen-bond donors (Lipinski definition) is 1. The van der Waals surface area contributed by atoms with Gasteiger partial charge in [-0.2, -0.15) is 0 Å². The number of nitrogens with two attached hydrogens (primary N) is 1. The highest BCUT2D eigenvalue weighted by Crippen LogP contribution is 2.46. The molecular formula is C12H14N2S2. The average Bonchev–Trinajstić information content (AvgIpc) is 2.83. The highest BCUT2D eigenvalue weighted by Gasteiger charge is 2.30. The van der Waals surface area contributed by atoms with Gasteiger partial charge in [0, 0.05) is 16.8 Å². The lowest BCUT2D eigenvalue weighted by atomic mass is 10.2. The molecule has 0 amide bonds. The van der Waals surface area contributed by atoms with Gasteiger partial charge in [0.05, 0.1) is 10.6 Å². The van der Waals surface area contributed by atoms with Crippen LogP contribution in [0.2, 0.25) is 0 Å². The number of thiophene rings is 1. The fourth-order valence-electron chi connectivity index (χ4n) is 1.82. The van der Waals surface area contributed by atoms with Crippen molar-refractivity contribution in [1.82, 2.24) is 4.98 Å². The number of thiazole rings is 1. The Morgan fingerprint density at radius 1 is 1.50 bits per heavy atom. The smallest absolute Gasteiger partial charge is 0.133 e. The zero-order valence-corrected chi connectivity index (χ0v) is 10.8. The Kier molecular flexibility index (Phi) is 2.58. The summed E-state index contributed by atoms with van der Waals surface area (Å²) >= 11 is 3.52. The minimum Gasteiger partial charge on any atom is -0.323 e. The monoisotopic (exact) mass is 250 g/mol. The van der Waals surface area contributed by atoms with Crippen LogP contribution in [0.3, 0.4) is 0 Å². The molecule has 3 rings (SSSR count). The Hall–Kier alpha value is -0.710. The molecule has 1 saturated carbocycles. The number of aromatic nitrogens is 1. The zero-order valence-electron chi connectivity index (χ0n) is 9.14. The van der Waals surface area contributed by atoms with Crippen molar-refractivity contribution in [3.8, 4) is 9.88 Å². The highest BCUT2D eigenvalue weighted by molar-refractivity contribution is 7.21. The SMILES string of the molecule is CC(N)c1sc(-c2cccs2)nc1C1CC1. The van der Waals surface area contributed by atoms with E-state index in [-0.39, 0.29) is 6.04 Å². The van der Waals surface area contributed by atoms with E-state index in [9.17, 15) is 0 Å². The molecule has 2 heterocycles. The summed E-state index contributed by atoms with van der Waals surface area (Å²) in [4.78, 5) is 7.33. The predicted molar refractivity (Wildman–Crippen MR) is 70.0 cm³/mol. The third kappa shape index (κ3) is 1.81. The van der Waals surface area contributed by atoms with Crippen molar-refractivity contribution in [1.29, 1.82) is 0 Å². The average molecular weight is 250 g/mol. The number of nitrogens with zero attached hydrogens (tertiary/aromatic N) is 1. The van der Waals surface area contributed by atoms with Crippen molar-refractivity contribution >= 4 is 22.7 Å². The van der Waals surface area contributed by atoms with Crippen molar-refractivity contribution in [2.45, 2.75) is 31.7 Å². The van der Waals surface area contributed by atoms with Gasteiger partial charge in [0.25, 0.3) is 0 Å². The molecule has 0 saturated heterocycles. The molecule has 1 unspecified atom stereocenters. The summed E-state index contributed by atoms with van der Waals surface area (Å²) in [6.45, 7) is 2.05. The first kappa shape index (κ1) is 10.4. The summed E-state index contributed by atoms with van der Waals surface area (Å²) in [6.07, 6.45) is 2.57. The zero-order chi connectivity index (χ0) is 11.1. The summed E-state index contributed by atoms with van der Waals surface area (Å²) < 4.78 is 0. The lowest BCUT2D eigenvalue weighted by Gasteiger charge is -2.02. The lowest BCUT2D eigenvalue weighted by Crippen LogP contribution is -2.05. The fraction of sp³-hybridized carbons (Fsp3) is 0.417. The second kappa shape index (κ2) is 3.95. The first-order valence-corrected chi connectivity index (χ1v) is 7.25. The normalized spacial score (nSPS) is 17.6. The summed E-state index contributed by atoms with van der Waals surface area (Å²) in [7, 11) is 0. The van der Waals surface area contributed by atoms with Crippen molar-refractivity contribution in [2.75, 3.05) is 0 Å². The first-order chi connectivity index (χ1) is 7.75. The van der Waals surface area contributed by atoms with Crippen LogP contribution >= 0.6 is 22.7 Å². The van der Waals surface area contributed by atoms with E-state index in [0.29, 0.717) is 5.92 Å². The van der Waals surface area contributed by atoms with E-state index in [4.69, 9.17) is 10.7 Å². The molecule has 0 bridgehead atoms. The van der Waals surface area contributed by atoms with E-state index in [1.807, 2.05) is 0 Å². The minimum atomic E-state index is 0.113. The molecule has 2 aromatic rings. The van der Waals surface area contributed by atoms with Crippen LogP contribution in [0.4, 0.5) is 0 Å². The molecule has 1 fully saturated rings. The maximum absolute atomic E-state index is 6.02. The Morgan fingerprint density at radius 2 is 2.31 bits per heavy atom. The Bertz CT molecular complexity index is 462. The van der Waals surface area contributed by atoms with Crippen LogP contribution in [0.15, 0.2) is 17.5 Å². The first-order valence-electron chi connectivity index (χ1n) is 5.56. The third-order valence-corrected chi connectivity index (χ3v) is 5.10. The quantitative estimate of drug-likeness (QED) is 0.900. The summed E-state index contributed by atoms with van der Waals surface area (Å²) in [5, 5.41) is 3.24.